The summed E-state index contributed by atoms with van der Waals surface area (Å²) in [5.74, 6) is -0.395. The average Bonchev–Trinajstić information content (AvgIpc) is 2.46. The summed E-state index contributed by atoms with van der Waals surface area (Å²) in [6.45, 7) is 1.82. The third-order valence-electron chi connectivity index (χ3n) is 3.24. The Hall–Kier alpha value is -1.70. The molecule has 0 aromatic heterocycles. The van der Waals surface area contributed by atoms with Gasteiger partial charge in [0.2, 0.25) is 0 Å². The van der Waals surface area contributed by atoms with Crippen LogP contribution < -0.4 is 5.32 Å². The highest BCUT2D eigenvalue weighted by atomic mass is 35.5. The number of benzene rings is 1. The highest BCUT2D eigenvalue weighted by Gasteiger charge is 2.29. The van der Waals surface area contributed by atoms with E-state index in [1.165, 1.54) is 18.2 Å². The van der Waals surface area contributed by atoms with E-state index in [1.807, 2.05) is 0 Å². The van der Waals surface area contributed by atoms with Gasteiger partial charge in [-0.1, -0.05) is 11.6 Å². The number of likely N-dealkylation sites (N-methyl/N-ethyl adjacent to an activating group) is 1. The van der Waals surface area contributed by atoms with Crippen LogP contribution >= 0.6 is 11.6 Å². The minimum atomic E-state index is -0.574. The van der Waals surface area contributed by atoms with Gasteiger partial charge in [0, 0.05) is 30.7 Å². The fraction of sp³-hybridized carbons (Fsp3) is 0.462. The number of hydrogen-bond acceptors (Lipinski definition) is 5. The lowest BCUT2D eigenvalue weighted by atomic mass is 10.1. The molecule has 1 unspecified atom stereocenters. The molecule has 1 aromatic carbocycles. The number of morpholine rings is 1. The summed E-state index contributed by atoms with van der Waals surface area (Å²) >= 11 is 5.85. The first-order chi connectivity index (χ1) is 10.0. The normalized spacial score (nSPS) is 18.6. The monoisotopic (exact) mass is 313 g/mol. The van der Waals surface area contributed by atoms with Crippen molar-refractivity contribution in [1.82, 2.24) is 10.2 Å². The van der Waals surface area contributed by atoms with Crippen molar-refractivity contribution < 1.29 is 14.5 Å². The average molecular weight is 314 g/mol. The molecular weight excluding hydrogens is 298 g/mol. The van der Waals surface area contributed by atoms with Crippen LogP contribution in [0.1, 0.15) is 10.4 Å². The molecule has 21 heavy (non-hydrogen) atoms. The zero-order chi connectivity index (χ0) is 15.4. The third-order valence-corrected chi connectivity index (χ3v) is 3.48. The van der Waals surface area contributed by atoms with E-state index < -0.39 is 10.8 Å². The number of nitrogens with zero attached hydrogens (tertiary/aromatic N) is 2. The number of halogens is 1. The number of carbonyl (C=O) groups excluding carboxylic acids is 1. The van der Waals surface area contributed by atoms with Crippen LogP contribution in [0, 0.1) is 10.1 Å². The fourth-order valence-corrected chi connectivity index (χ4v) is 2.44. The van der Waals surface area contributed by atoms with Crippen LogP contribution in [0.5, 0.6) is 0 Å². The van der Waals surface area contributed by atoms with E-state index in [2.05, 4.69) is 5.32 Å². The number of hydrogen-bond donors (Lipinski definition) is 1. The fourth-order valence-electron chi connectivity index (χ4n) is 2.26. The van der Waals surface area contributed by atoms with Gasteiger partial charge in [-0.15, -0.1) is 0 Å². The van der Waals surface area contributed by atoms with Gasteiger partial charge >= 0.3 is 0 Å². The molecule has 1 aromatic rings. The lowest BCUT2D eigenvalue weighted by Crippen LogP contribution is -2.48. The minimum Gasteiger partial charge on any atom is -0.373 e. The maximum absolute atomic E-state index is 12.5. The Morgan fingerprint density at radius 1 is 1.62 bits per heavy atom. The van der Waals surface area contributed by atoms with E-state index in [4.69, 9.17) is 16.3 Å². The van der Waals surface area contributed by atoms with Gasteiger partial charge in [0.1, 0.15) is 5.56 Å². The van der Waals surface area contributed by atoms with E-state index in [0.717, 1.165) is 0 Å². The van der Waals surface area contributed by atoms with Gasteiger partial charge in [0.15, 0.2) is 0 Å². The first kappa shape index (κ1) is 15.7. The van der Waals surface area contributed by atoms with Crippen molar-refractivity contribution in [2.45, 2.75) is 6.10 Å². The van der Waals surface area contributed by atoms with Crippen LogP contribution in [0.3, 0.4) is 0 Å². The molecule has 1 aliphatic heterocycles. The molecule has 2 rings (SSSR count). The molecular formula is C13H16ClN3O4. The summed E-state index contributed by atoms with van der Waals surface area (Å²) in [7, 11) is 1.80. The second-order valence-corrected chi connectivity index (χ2v) is 5.16. The molecule has 1 saturated heterocycles. The van der Waals surface area contributed by atoms with Crippen LogP contribution in [0.4, 0.5) is 5.69 Å². The van der Waals surface area contributed by atoms with Gasteiger partial charge in [0.25, 0.3) is 11.6 Å². The molecule has 114 valence electrons. The molecule has 0 aliphatic carbocycles. The molecule has 0 bridgehead atoms. The van der Waals surface area contributed by atoms with Gasteiger partial charge < -0.3 is 15.0 Å². The number of nitro groups is 1. The molecule has 8 heteroatoms. The lowest BCUT2D eigenvalue weighted by Gasteiger charge is -2.32. The van der Waals surface area contributed by atoms with Crippen molar-refractivity contribution in [3.05, 3.63) is 38.9 Å². The predicted molar refractivity (Wildman–Crippen MR) is 77.7 cm³/mol. The molecule has 1 N–H and O–H groups in total. The Balaban J connectivity index is 2.23. The topological polar surface area (TPSA) is 84.7 Å². The third kappa shape index (κ3) is 3.69. The highest BCUT2D eigenvalue weighted by Crippen LogP contribution is 2.24. The summed E-state index contributed by atoms with van der Waals surface area (Å²) in [5.41, 5.74) is -0.223. The molecule has 0 spiro atoms. The zero-order valence-corrected chi connectivity index (χ0v) is 12.3. The maximum Gasteiger partial charge on any atom is 0.282 e. The van der Waals surface area contributed by atoms with Gasteiger partial charge in [-0.25, -0.2) is 0 Å². The Morgan fingerprint density at radius 3 is 3.05 bits per heavy atom. The standard InChI is InChI=1S/C13H16ClN3O4/c1-15-7-10-8-16(4-5-21-10)13(18)11-6-9(14)2-3-12(11)17(19)20/h2-3,6,10,15H,4-5,7-8H2,1H3. The van der Waals surface area contributed by atoms with Crippen LogP contribution in [0.15, 0.2) is 18.2 Å². The largest absolute Gasteiger partial charge is 0.373 e. The molecule has 1 amide bonds. The Bertz CT molecular complexity index is 550. The lowest BCUT2D eigenvalue weighted by molar-refractivity contribution is -0.385. The van der Waals surface area contributed by atoms with Crippen LogP contribution in [-0.2, 0) is 4.74 Å². The Kier molecular flexibility index (Phi) is 5.11. The van der Waals surface area contributed by atoms with Crippen LogP contribution in [-0.4, -0.2) is 55.1 Å². The summed E-state index contributed by atoms with van der Waals surface area (Å²) in [6.07, 6.45) is -0.119. The number of rotatable bonds is 4. The van der Waals surface area contributed by atoms with Crippen LogP contribution in [0.2, 0.25) is 5.02 Å². The summed E-state index contributed by atoms with van der Waals surface area (Å²) in [5, 5.41) is 14.3. The number of ether oxygens (including phenoxy) is 1. The van der Waals surface area contributed by atoms with E-state index in [9.17, 15) is 14.9 Å². The van der Waals surface area contributed by atoms with E-state index in [-0.39, 0.29) is 17.4 Å². The Labute approximate surface area is 127 Å². The smallest absolute Gasteiger partial charge is 0.282 e. The van der Waals surface area contributed by atoms with Gasteiger partial charge in [-0.3, -0.25) is 14.9 Å². The van der Waals surface area contributed by atoms with Crippen LogP contribution in [0.25, 0.3) is 0 Å². The van der Waals surface area contributed by atoms with Crippen molar-refractivity contribution in [3.63, 3.8) is 0 Å². The minimum absolute atomic E-state index is 0.0117. The second kappa shape index (κ2) is 6.84. The number of carbonyl (C=O) groups is 1. The first-order valence-corrected chi connectivity index (χ1v) is 6.90. The molecule has 1 aliphatic rings. The van der Waals surface area contributed by atoms with Crippen molar-refractivity contribution >= 4 is 23.2 Å². The van der Waals surface area contributed by atoms with E-state index in [1.54, 1.807) is 11.9 Å². The van der Waals surface area contributed by atoms with E-state index >= 15 is 0 Å². The molecule has 1 fully saturated rings. The zero-order valence-electron chi connectivity index (χ0n) is 11.5. The number of nitro benzene ring substituents is 1. The van der Waals surface area contributed by atoms with Crippen molar-refractivity contribution in [2.75, 3.05) is 33.3 Å². The quantitative estimate of drug-likeness (QED) is 0.669. The predicted octanol–water partition coefficient (Wildman–Crippen LogP) is 1.31. The van der Waals surface area contributed by atoms with Crippen molar-refractivity contribution in [2.24, 2.45) is 0 Å². The second-order valence-electron chi connectivity index (χ2n) is 4.72. The maximum atomic E-state index is 12.5. The molecule has 1 heterocycles. The molecule has 0 saturated carbocycles. The van der Waals surface area contributed by atoms with E-state index in [0.29, 0.717) is 31.3 Å². The summed E-state index contributed by atoms with van der Waals surface area (Å²) in [6, 6.07) is 3.99. The first-order valence-electron chi connectivity index (χ1n) is 6.52. The van der Waals surface area contributed by atoms with Gasteiger partial charge in [0.05, 0.1) is 17.6 Å². The summed E-state index contributed by atoms with van der Waals surface area (Å²) < 4.78 is 5.52. The number of nitrogens with one attached hydrogen (secondary N) is 1. The van der Waals surface area contributed by atoms with Crippen molar-refractivity contribution in [1.29, 1.82) is 0 Å². The Morgan fingerprint density at radius 2 is 2.38 bits per heavy atom. The SMILES string of the molecule is CNCC1CN(C(=O)c2cc(Cl)ccc2[N+](=O)[O-])CCO1. The van der Waals surface area contributed by atoms with Crippen molar-refractivity contribution in [3.8, 4) is 0 Å². The highest BCUT2D eigenvalue weighted by molar-refractivity contribution is 6.31. The molecule has 7 nitrogen and oxygen atoms in total. The molecule has 1 atom stereocenters. The molecule has 0 radical (unpaired) electrons. The van der Waals surface area contributed by atoms with Gasteiger partial charge in [-0.05, 0) is 19.2 Å². The number of amides is 1. The van der Waals surface area contributed by atoms with Gasteiger partial charge in [-0.2, -0.15) is 0 Å². The summed E-state index contributed by atoms with van der Waals surface area (Å²) in [4.78, 5) is 24.5.